The van der Waals surface area contributed by atoms with Gasteiger partial charge in [0.15, 0.2) is 5.69 Å². The number of carbonyl (C=O) groups is 1. The SMILES string of the molecule is [B]C[C@H]1OC(CO)[C@H](O)[C@H](n2cc(C(=O)O)nn2)C1O. The number of ether oxygens (including phenoxy) is 1. The predicted octanol–water partition coefficient (Wildman–Crippen LogP) is -2.41. The van der Waals surface area contributed by atoms with Crippen LogP contribution in [0.3, 0.4) is 0 Å². The first-order valence-electron chi connectivity index (χ1n) is 5.97. The molecule has 1 aliphatic rings. The highest BCUT2D eigenvalue weighted by molar-refractivity contribution is 6.08. The van der Waals surface area contributed by atoms with Crippen molar-refractivity contribution in [3.63, 3.8) is 0 Å². The molecular weight excluding hydrogens is 269 g/mol. The number of hydrogen-bond donors (Lipinski definition) is 4. The lowest BCUT2D eigenvalue weighted by Gasteiger charge is -2.42. The van der Waals surface area contributed by atoms with Gasteiger partial charge in [-0.3, -0.25) is 0 Å². The third kappa shape index (κ3) is 2.55. The Kier molecular flexibility index (Phi) is 4.38. The van der Waals surface area contributed by atoms with Crippen molar-refractivity contribution in [3.05, 3.63) is 11.9 Å². The zero-order chi connectivity index (χ0) is 14.9. The van der Waals surface area contributed by atoms with Crippen molar-refractivity contribution in [2.75, 3.05) is 6.61 Å². The summed E-state index contributed by atoms with van der Waals surface area (Å²) in [6, 6.07) is -1.00. The molecule has 108 valence electrons. The summed E-state index contributed by atoms with van der Waals surface area (Å²) in [4.78, 5) is 10.8. The zero-order valence-corrected chi connectivity index (χ0v) is 10.4. The van der Waals surface area contributed by atoms with Crippen molar-refractivity contribution in [2.45, 2.75) is 36.8 Å². The maximum absolute atomic E-state index is 10.8. The van der Waals surface area contributed by atoms with E-state index in [4.69, 9.17) is 17.7 Å². The fourth-order valence-corrected chi connectivity index (χ4v) is 2.21. The van der Waals surface area contributed by atoms with Gasteiger partial charge in [-0.25, -0.2) is 9.48 Å². The smallest absolute Gasteiger partial charge is 0.358 e. The van der Waals surface area contributed by atoms with E-state index in [1.807, 2.05) is 0 Å². The summed E-state index contributed by atoms with van der Waals surface area (Å²) in [7, 11) is 5.46. The number of nitrogens with zero attached hydrogens (tertiary/aromatic N) is 3. The Morgan fingerprint density at radius 1 is 1.40 bits per heavy atom. The summed E-state index contributed by atoms with van der Waals surface area (Å²) in [6.45, 7) is -0.471. The molecule has 5 atom stereocenters. The van der Waals surface area contributed by atoms with Crippen molar-refractivity contribution in [3.8, 4) is 0 Å². The van der Waals surface area contributed by atoms with Gasteiger partial charge in [-0.1, -0.05) is 11.5 Å². The molecule has 0 spiro atoms. The van der Waals surface area contributed by atoms with Crippen LogP contribution < -0.4 is 0 Å². The van der Waals surface area contributed by atoms with Gasteiger partial charge >= 0.3 is 5.97 Å². The maximum Gasteiger partial charge on any atom is 0.358 e. The highest BCUT2D eigenvalue weighted by atomic mass is 16.5. The molecule has 20 heavy (non-hydrogen) atoms. The summed E-state index contributed by atoms with van der Waals surface area (Å²) in [5.41, 5.74) is -0.319. The highest BCUT2D eigenvalue weighted by Gasteiger charge is 2.45. The fourth-order valence-electron chi connectivity index (χ4n) is 2.21. The van der Waals surface area contributed by atoms with Crippen LogP contribution in [0.5, 0.6) is 0 Å². The minimum absolute atomic E-state index is 0.0264. The summed E-state index contributed by atoms with van der Waals surface area (Å²) < 4.78 is 6.31. The van der Waals surface area contributed by atoms with Gasteiger partial charge in [0, 0.05) is 0 Å². The third-order valence-corrected chi connectivity index (χ3v) is 3.26. The Bertz CT molecular complexity index is 467. The first kappa shape index (κ1) is 14.9. The molecule has 1 aromatic rings. The van der Waals surface area contributed by atoms with Gasteiger partial charge in [0.05, 0.1) is 26.8 Å². The largest absolute Gasteiger partial charge is 0.476 e. The average Bonchev–Trinajstić information content (AvgIpc) is 2.89. The van der Waals surface area contributed by atoms with Crippen LogP contribution in [0.25, 0.3) is 0 Å². The van der Waals surface area contributed by atoms with Crippen molar-refractivity contribution in [1.29, 1.82) is 0 Å². The van der Waals surface area contributed by atoms with E-state index in [9.17, 15) is 20.1 Å². The Morgan fingerprint density at radius 2 is 2.05 bits per heavy atom. The standard InChI is InChI=1S/C10H14BN3O6/c11-1-5-8(16)7(9(17)6(3-15)20-5)14-2-4(10(18)19)12-13-14/h2,5-9,15-17H,1,3H2,(H,18,19)/t5-,6?,7-,8?,9+/m1/s1. The summed E-state index contributed by atoms with van der Waals surface area (Å²) >= 11 is 0. The Hall–Kier alpha value is -1.49. The summed E-state index contributed by atoms with van der Waals surface area (Å²) in [5, 5.41) is 45.2. The van der Waals surface area contributed by atoms with Crippen LogP contribution in [0.1, 0.15) is 16.5 Å². The minimum atomic E-state index is -1.28. The van der Waals surface area contributed by atoms with Gasteiger partial charge in [0.2, 0.25) is 0 Å². The van der Waals surface area contributed by atoms with E-state index in [-0.39, 0.29) is 12.0 Å². The first-order chi connectivity index (χ1) is 9.49. The van der Waals surface area contributed by atoms with E-state index in [0.29, 0.717) is 0 Å². The van der Waals surface area contributed by atoms with E-state index in [2.05, 4.69) is 10.3 Å². The number of hydrogen-bond acceptors (Lipinski definition) is 7. The van der Waals surface area contributed by atoms with E-state index < -0.39 is 43.0 Å². The van der Waals surface area contributed by atoms with E-state index in [1.165, 1.54) is 0 Å². The van der Waals surface area contributed by atoms with Crippen LogP contribution in [0, 0.1) is 0 Å². The van der Waals surface area contributed by atoms with Crippen molar-refractivity contribution < 1.29 is 30.0 Å². The van der Waals surface area contributed by atoms with Gasteiger partial charge in [-0.15, -0.1) is 5.10 Å². The molecule has 1 aromatic heterocycles. The van der Waals surface area contributed by atoms with Crippen LogP contribution >= 0.6 is 0 Å². The molecule has 0 saturated carbocycles. The fraction of sp³-hybridized carbons (Fsp3) is 0.700. The molecule has 10 heteroatoms. The van der Waals surface area contributed by atoms with Crippen molar-refractivity contribution in [1.82, 2.24) is 15.0 Å². The monoisotopic (exact) mass is 283 g/mol. The Balaban J connectivity index is 2.31. The Labute approximate surface area is 115 Å². The molecule has 1 fully saturated rings. The molecule has 0 bridgehead atoms. The lowest BCUT2D eigenvalue weighted by Crippen LogP contribution is -2.55. The molecule has 4 N–H and O–H groups in total. The van der Waals surface area contributed by atoms with Gasteiger partial charge < -0.3 is 25.2 Å². The normalized spacial score (nSPS) is 34.0. The van der Waals surface area contributed by atoms with E-state index in [1.54, 1.807) is 0 Å². The molecule has 0 aliphatic carbocycles. The van der Waals surface area contributed by atoms with Crippen LogP contribution in [0.4, 0.5) is 0 Å². The second-order valence-electron chi connectivity index (χ2n) is 4.49. The molecule has 2 rings (SSSR count). The highest BCUT2D eigenvalue weighted by Crippen LogP contribution is 2.30. The molecule has 9 nitrogen and oxygen atoms in total. The second-order valence-corrected chi connectivity index (χ2v) is 4.49. The van der Waals surface area contributed by atoms with Crippen LogP contribution in [-0.2, 0) is 4.74 Å². The number of aliphatic hydroxyl groups is 3. The number of aromatic nitrogens is 3. The molecule has 1 aliphatic heterocycles. The molecule has 1 saturated heterocycles. The number of aliphatic hydroxyl groups excluding tert-OH is 3. The van der Waals surface area contributed by atoms with E-state index in [0.717, 1.165) is 10.9 Å². The number of carboxylic acids is 1. The number of aromatic carboxylic acids is 1. The van der Waals surface area contributed by atoms with Crippen LogP contribution in [-0.4, -0.2) is 80.3 Å². The molecule has 0 aromatic carbocycles. The topological polar surface area (TPSA) is 138 Å². The minimum Gasteiger partial charge on any atom is -0.476 e. The average molecular weight is 283 g/mol. The molecule has 2 heterocycles. The van der Waals surface area contributed by atoms with E-state index >= 15 is 0 Å². The van der Waals surface area contributed by atoms with Crippen LogP contribution in [0.2, 0.25) is 6.32 Å². The summed E-state index contributed by atoms with van der Waals surface area (Å²) in [6.07, 6.45) is -3.18. The van der Waals surface area contributed by atoms with Gasteiger partial charge in [-0.2, -0.15) is 0 Å². The molecular formula is C10H14BN3O6. The van der Waals surface area contributed by atoms with Gasteiger partial charge in [0.1, 0.15) is 24.4 Å². The molecule has 2 radical (unpaired) electrons. The number of carboxylic acid groups (broad SMARTS) is 1. The molecule has 2 unspecified atom stereocenters. The third-order valence-electron chi connectivity index (χ3n) is 3.26. The zero-order valence-electron chi connectivity index (χ0n) is 10.4. The summed E-state index contributed by atoms with van der Waals surface area (Å²) in [5.74, 6) is -1.28. The first-order valence-corrected chi connectivity index (χ1v) is 5.97. The predicted molar refractivity (Wildman–Crippen MR) is 64.3 cm³/mol. The van der Waals surface area contributed by atoms with Crippen molar-refractivity contribution >= 4 is 13.8 Å². The maximum atomic E-state index is 10.8. The number of rotatable bonds is 4. The lowest BCUT2D eigenvalue weighted by atomic mass is 9.86. The van der Waals surface area contributed by atoms with Crippen molar-refractivity contribution in [2.24, 2.45) is 0 Å². The molecule has 0 amide bonds. The lowest BCUT2D eigenvalue weighted by molar-refractivity contribution is -0.199. The second kappa shape index (κ2) is 5.88. The van der Waals surface area contributed by atoms with Gasteiger partial charge in [-0.05, 0) is 0 Å². The van der Waals surface area contributed by atoms with Gasteiger partial charge in [0.25, 0.3) is 0 Å². The van der Waals surface area contributed by atoms with Crippen LogP contribution in [0.15, 0.2) is 6.20 Å². The Morgan fingerprint density at radius 3 is 2.55 bits per heavy atom. The quantitative estimate of drug-likeness (QED) is 0.448.